The highest BCUT2D eigenvalue weighted by molar-refractivity contribution is 5.95. The van der Waals surface area contributed by atoms with Crippen LogP contribution in [0.2, 0.25) is 0 Å². The summed E-state index contributed by atoms with van der Waals surface area (Å²) in [4.78, 5) is 23.1. The lowest BCUT2D eigenvalue weighted by Crippen LogP contribution is -2.34. The number of nitrogens with zero attached hydrogens (tertiary/aromatic N) is 2. The second kappa shape index (κ2) is 4.91. The van der Waals surface area contributed by atoms with Gasteiger partial charge in [0.2, 0.25) is 5.82 Å². The summed E-state index contributed by atoms with van der Waals surface area (Å²) in [7, 11) is 0. The summed E-state index contributed by atoms with van der Waals surface area (Å²) in [6.07, 6.45) is 1.51. The Kier molecular flexibility index (Phi) is 3.46. The molecule has 1 aromatic carbocycles. The van der Waals surface area contributed by atoms with E-state index >= 15 is 0 Å². The third kappa shape index (κ3) is 2.27. The zero-order valence-corrected chi connectivity index (χ0v) is 10.2. The maximum absolute atomic E-state index is 13.9. The van der Waals surface area contributed by atoms with Crippen LogP contribution in [0.1, 0.15) is 30.1 Å². The summed E-state index contributed by atoms with van der Waals surface area (Å²) in [6.45, 7) is 2.18. The molecule has 0 aromatic heterocycles. The Morgan fingerprint density at radius 1 is 1.47 bits per heavy atom. The van der Waals surface area contributed by atoms with Crippen LogP contribution in [0.4, 0.5) is 14.5 Å². The van der Waals surface area contributed by atoms with Gasteiger partial charge in [-0.05, 0) is 25.8 Å². The van der Waals surface area contributed by atoms with Crippen molar-refractivity contribution in [2.75, 3.05) is 6.54 Å². The molecule has 7 heteroatoms. The topological polar surface area (TPSA) is 63.5 Å². The first-order valence-corrected chi connectivity index (χ1v) is 5.87. The smallest absolute Gasteiger partial charge is 0.305 e. The van der Waals surface area contributed by atoms with Gasteiger partial charge in [-0.2, -0.15) is 4.39 Å². The Labute approximate surface area is 108 Å². The lowest BCUT2D eigenvalue weighted by molar-refractivity contribution is -0.387. The molecule has 0 N–H and O–H groups in total. The van der Waals surface area contributed by atoms with Crippen LogP contribution in [0.25, 0.3) is 0 Å². The van der Waals surface area contributed by atoms with Gasteiger partial charge in [0.1, 0.15) is 11.4 Å². The van der Waals surface area contributed by atoms with Gasteiger partial charge in [0.25, 0.3) is 5.91 Å². The second-order valence-electron chi connectivity index (χ2n) is 4.50. The van der Waals surface area contributed by atoms with Gasteiger partial charge >= 0.3 is 5.69 Å². The summed E-state index contributed by atoms with van der Waals surface area (Å²) in [5.74, 6) is -3.31. The first-order chi connectivity index (χ1) is 8.93. The van der Waals surface area contributed by atoms with Gasteiger partial charge in [0.15, 0.2) is 0 Å². The molecule has 5 nitrogen and oxygen atoms in total. The van der Waals surface area contributed by atoms with E-state index in [1.165, 1.54) is 4.90 Å². The van der Waals surface area contributed by atoms with Crippen LogP contribution >= 0.6 is 0 Å². The van der Waals surface area contributed by atoms with Crippen molar-refractivity contribution in [2.45, 2.75) is 25.8 Å². The number of carbonyl (C=O) groups excluding carboxylic acids is 1. The monoisotopic (exact) mass is 270 g/mol. The van der Waals surface area contributed by atoms with Crippen molar-refractivity contribution in [1.82, 2.24) is 4.90 Å². The molecule has 1 heterocycles. The number of amides is 1. The molecule has 0 spiro atoms. The van der Waals surface area contributed by atoms with Crippen molar-refractivity contribution in [3.05, 3.63) is 39.4 Å². The highest BCUT2D eigenvalue weighted by atomic mass is 19.1. The second-order valence-corrected chi connectivity index (χ2v) is 4.50. The fourth-order valence-electron chi connectivity index (χ4n) is 2.26. The number of halogens is 2. The number of nitro benzene ring substituents is 1. The average molecular weight is 270 g/mol. The summed E-state index contributed by atoms with van der Waals surface area (Å²) in [5, 5.41) is 10.6. The Morgan fingerprint density at radius 3 is 2.68 bits per heavy atom. The maximum atomic E-state index is 13.9. The number of benzene rings is 1. The molecule has 0 saturated carbocycles. The number of likely N-dealkylation sites (tertiary alicyclic amines) is 1. The lowest BCUT2D eigenvalue weighted by Gasteiger charge is -2.21. The van der Waals surface area contributed by atoms with Crippen LogP contribution in [-0.2, 0) is 0 Å². The van der Waals surface area contributed by atoms with Crippen LogP contribution in [0.3, 0.4) is 0 Å². The van der Waals surface area contributed by atoms with E-state index < -0.39 is 33.7 Å². The Morgan fingerprint density at radius 2 is 2.16 bits per heavy atom. The standard InChI is InChI=1S/C12H12F2N2O3/c1-7-3-2-6-15(7)12(17)10-8(13)4-5-9(11(10)14)16(18)19/h4-5,7H,2-3,6H2,1H3. The molecule has 0 bridgehead atoms. The highest BCUT2D eigenvalue weighted by Gasteiger charge is 2.33. The van der Waals surface area contributed by atoms with Crippen LogP contribution in [0, 0.1) is 21.7 Å². The predicted octanol–water partition coefficient (Wildman–Crippen LogP) is 2.50. The molecule has 0 aliphatic carbocycles. The Balaban J connectivity index is 2.46. The van der Waals surface area contributed by atoms with E-state index in [1.807, 2.05) is 0 Å². The van der Waals surface area contributed by atoms with Gasteiger partial charge in [-0.25, -0.2) is 4.39 Å². The number of hydrogen-bond acceptors (Lipinski definition) is 3. The molecule has 102 valence electrons. The SMILES string of the molecule is CC1CCCN1C(=O)c1c(F)ccc([N+](=O)[O-])c1F. The van der Waals surface area contributed by atoms with Gasteiger partial charge in [0, 0.05) is 18.7 Å². The van der Waals surface area contributed by atoms with Gasteiger partial charge in [-0.1, -0.05) is 0 Å². The normalized spacial score (nSPS) is 18.7. The molecule has 2 rings (SSSR count). The van der Waals surface area contributed by atoms with Crippen LogP contribution < -0.4 is 0 Å². The molecule has 19 heavy (non-hydrogen) atoms. The molecule has 1 aliphatic rings. The number of hydrogen-bond donors (Lipinski definition) is 0. The fourth-order valence-corrected chi connectivity index (χ4v) is 2.26. The Hall–Kier alpha value is -2.05. The van der Waals surface area contributed by atoms with E-state index in [0.717, 1.165) is 25.0 Å². The van der Waals surface area contributed by atoms with E-state index in [9.17, 15) is 23.7 Å². The van der Waals surface area contributed by atoms with E-state index in [1.54, 1.807) is 6.92 Å². The molecule has 1 amide bonds. The molecular weight excluding hydrogens is 258 g/mol. The van der Waals surface area contributed by atoms with E-state index in [-0.39, 0.29) is 6.04 Å². The molecule has 1 saturated heterocycles. The minimum absolute atomic E-state index is 0.120. The van der Waals surface area contributed by atoms with Gasteiger partial charge in [0.05, 0.1) is 4.92 Å². The first kappa shape index (κ1) is 13.4. The lowest BCUT2D eigenvalue weighted by atomic mass is 10.1. The minimum Gasteiger partial charge on any atom is -0.336 e. The molecule has 1 aromatic rings. The average Bonchev–Trinajstić information content (AvgIpc) is 2.74. The Bertz CT molecular complexity index is 548. The summed E-state index contributed by atoms with van der Waals surface area (Å²) >= 11 is 0. The summed E-state index contributed by atoms with van der Waals surface area (Å²) in [6, 6.07) is 1.34. The van der Waals surface area contributed by atoms with Crippen LogP contribution in [0.15, 0.2) is 12.1 Å². The number of rotatable bonds is 2. The minimum atomic E-state index is -1.41. The van der Waals surface area contributed by atoms with Crippen molar-refractivity contribution >= 4 is 11.6 Å². The number of carbonyl (C=O) groups is 1. The molecule has 1 fully saturated rings. The number of nitro groups is 1. The van der Waals surface area contributed by atoms with Crippen molar-refractivity contribution in [3.63, 3.8) is 0 Å². The van der Waals surface area contributed by atoms with Crippen LogP contribution in [0.5, 0.6) is 0 Å². The molecular formula is C12H12F2N2O3. The summed E-state index contributed by atoms with van der Waals surface area (Å²) < 4.78 is 27.5. The molecule has 0 radical (unpaired) electrons. The third-order valence-corrected chi connectivity index (χ3v) is 3.30. The van der Waals surface area contributed by atoms with Crippen molar-refractivity contribution < 1.29 is 18.5 Å². The maximum Gasteiger partial charge on any atom is 0.305 e. The zero-order chi connectivity index (χ0) is 14.2. The van der Waals surface area contributed by atoms with Gasteiger partial charge in [-0.15, -0.1) is 0 Å². The first-order valence-electron chi connectivity index (χ1n) is 5.87. The molecule has 1 aliphatic heterocycles. The van der Waals surface area contributed by atoms with Gasteiger partial charge in [-0.3, -0.25) is 14.9 Å². The third-order valence-electron chi connectivity index (χ3n) is 3.30. The summed E-state index contributed by atoms with van der Waals surface area (Å²) in [5.41, 5.74) is -1.74. The van der Waals surface area contributed by atoms with E-state index in [2.05, 4.69) is 0 Å². The van der Waals surface area contributed by atoms with Gasteiger partial charge < -0.3 is 4.90 Å². The predicted molar refractivity (Wildman–Crippen MR) is 62.7 cm³/mol. The molecule has 1 unspecified atom stereocenters. The quantitative estimate of drug-likeness (QED) is 0.612. The van der Waals surface area contributed by atoms with Crippen molar-refractivity contribution in [3.8, 4) is 0 Å². The largest absolute Gasteiger partial charge is 0.336 e. The van der Waals surface area contributed by atoms with Crippen molar-refractivity contribution in [1.29, 1.82) is 0 Å². The molecule has 1 atom stereocenters. The van der Waals surface area contributed by atoms with E-state index in [0.29, 0.717) is 6.54 Å². The fraction of sp³-hybridized carbons (Fsp3) is 0.417. The highest BCUT2D eigenvalue weighted by Crippen LogP contribution is 2.27. The zero-order valence-electron chi connectivity index (χ0n) is 10.2. The van der Waals surface area contributed by atoms with Crippen LogP contribution in [-0.4, -0.2) is 28.3 Å². The van der Waals surface area contributed by atoms with Crippen molar-refractivity contribution in [2.24, 2.45) is 0 Å². The van der Waals surface area contributed by atoms with E-state index in [4.69, 9.17) is 0 Å².